The van der Waals surface area contributed by atoms with Gasteiger partial charge in [-0.05, 0) is 6.92 Å². The Bertz CT molecular complexity index is 706. The molecule has 0 spiro atoms. The number of nitrogens with one attached hydrogen (secondary N) is 1. The third-order valence-corrected chi connectivity index (χ3v) is 3.07. The van der Waals surface area contributed by atoms with Crippen molar-refractivity contribution in [2.24, 2.45) is 0 Å². The van der Waals surface area contributed by atoms with Crippen molar-refractivity contribution in [1.82, 2.24) is 5.32 Å². The number of carbonyl (C=O) groups excluding carboxylic acids is 2. The monoisotopic (exact) mass is 283 g/mol. The van der Waals surface area contributed by atoms with Gasteiger partial charge in [-0.3, -0.25) is 9.59 Å². The van der Waals surface area contributed by atoms with Gasteiger partial charge in [0.2, 0.25) is 5.78 Å². The van der Waals surface area contributed by atoms with Crippen LogP contribution in [0.25, 0.3) is 0 Å². The van der Waals surface area contributed by atoms with Crippen LogP contribution in [0, 0.1) is 11.8 Å². The number of hydrogen-bond acceptors (Lipinski definition) is 4. The van der Waals surface area contributed by atoms with Crippen LogP contribution in [0.15, 0.2) is 36.0 Å². The quantitative estimate of drug-likeness (QED) is 0.816. The molecular weight excluding hydrogens is 270 g/mol. The standard InChI is InChI=1S/C16H13NO4/c1-2-3-8-12(16(20)21)17-13-9-14(18)10-6-4-5-7-11(10)15(13)19/h4-7,9,12,17H,8H2,1H3,(H,20,21). The Kier molecular flexibility index (Phi) is 4.19. The van der Waals surface area contributed by atoms with Gasteiger partial charge >= 0.3 is 5.97 Å². The maximum Gasteiger partial charge on any atom is 0.327 e. The van der Waals surface area contributed by atoms with E-state index in [0.717, 1.165) is 6.08 Å². The number of carboxylic acids is 1. The van der Waals surface area contributed by atoms with E-state index in [1.54, 1.807) is 31.2 Å². The average Bonchev–Trinajstić information content (AvgIpc) is 2.48. The molecule has 1 atom stereocenters. The molecule has 0 bridgehead atoms. The Morgan fingerprint density at radius 3 is 2.57 bits per heavy atom. The van der Waals surface area contributed by atoms with E-state index in [-0.39, 0.29) is 29.2 Å². The number of fused-ring (bicyclic) bond motifs is 1. The Balaban J connectivity index is 2.28. The summed E-state index contributed by atoms with van der Waals surface area (Å²) in [6.45, 7) is 1.60. The minimum absolute atomic E-state index is 0.0102. The maximum atomic E-state index is 12.3. The van der Waals surface area contributed by atoms with Gasteiger partial charge in [-0.1, -0.05) is 24.3 Å². The Hall–Kier alpha value is -2.87. The van der Waals surface area contributed by atoms with Crippen molar-refractivity contribution in [3.63, 3.8) is 0 Å². The van der Waals surface area contributed by atoms with Gasteiger partial charge in [0.05, 0.1) is 5.70 Å². The fourth-order valence-corrected chi connectivity index (χ4v) is 2.01. The second kappa shape index (κ2) is 6.06. The maximum absolute atomic E-state index is 12.3. The molecule has 0 fully saturated rings. The Morgan fingerprint density at radius 1 is 1.29 bits per heavy atom. The number of allylic oxidation sites excluding steroid dienone is 2. The SMILES string of the molecule is CC#CCC(NC1=CC(=O)c2ccccc2C1=O)C(=O)O. The molecule has 1 unspecified atom stereocenters. The fourth-order valence-electron chi connectivity index (χ4n) is 2.01. The molecule has 1 aromatic rings. The van der Waals surface area contributed by atoms with Crippen LogP contribution < -0.4 is 5.32 Å². The molecule has 1 aliphatic rings. The van der Waals surface area contributed by atoms with Crippen LogP contribution in [0.3, 0.4) is 0 Å². The first kappa shape index (κ1) is 14.5. The van der Waals surface area contributed by atoms with Crippen molar-refractivity contribution >= 4 is 17.5 Å². The first-order valence-electron chi connectivity index (χ1n) is 6.33. The molecule has 0 amide bonds. The Morgan fingerprint density at radius 2 is 1.95 bits per heavy atom. The molecule has 0 saturated heterocycles. The Labute approximate surface area is 121 Å². The van der Waals surface area contributed by atoms with E-state index in [0.29, 0.717) is 5.56 Å². The number of rotatable bonds is 4. The van der Waals surface area contributed by atoms with Crippen LogP contribution in [-0.2, 0) is 4.79 Å². The number of carboxylic acid groups (broad SMARTS) is 1. The van der Waals surface area contributed by atoms with Crippen LogP contribution in [0.2, 0.25) is 0 Å². The minimum Gasteiger partial charge on any atom is -0.480 e. The lowest BCUT2D eigenvalue weighted by atomic mass is 9.92. The van der Waals surface area contributed by atoms with Crippen molar-refractivity contribution in [3.8, 4) is 11.8 Å². The topological polar surface area (TPSA) is 83.5 Å². The largest absolute Gasteiger partial charge is 0.480 e. The summed E-state index contributed by atoms with van der Waals surface area (Å²) in [4.78, 5) is 35.4. The molecule has 5 nitrogen and oxygen atoms in total. The van der Waals surface area contributed by atoms with Gasteiger partial charge in [-0.25, -0.2) is 4.79 Å². The summed E-state index contributed by atoms with van der Waals surface area (Å²) in [5.74, 6) is 3.41. The van der Waals surface area contributed by atoms with E-state index < -0.39 is 12.0 Å². The number of ketones is 2. The zero-order valence-electron chi connectivity index (χ0n) is 11.3. The molecule has 21 heavy (non-hydrogen) atoms. The minimum atomic E-state index is -1.13. The van der Waals surface area contributed by atoms with Gasteiger partial charge in [0.15, 0.2) is 5.78 Å². The zero-order valence-corrected chi connectivity index (χ0v) is 11.3. The lowest BCUT2D eigenvalue weighted by Crippen LogP contribution is -2.39. The van der Waals surface area contributed by atoms with E-state index >= 15 is 0 Å². The predicted molar refractivity (Wildman–Crippen MR) is 75.8 cm³/mol. The van der Waals surface area contributed by atoms with Gasteiger partial charge < -0.3 is 10.4 Å². The highest BCUT2D eigenvalue weighted by Crippen LogP contribution is 2.20. The van der Waals surface area contributed by atoms with Crippen LogP contribution >= 0.6 is 0 Å². The zero-order chi connectivity index (χ0) is 15.4. The summed E-state index contributed by atoms with van der Waals surface area (Å²) in [5, 5.41) is 11.7. The van der Waals surface area contributed by atoms with Gasteiger partial charge in [0, 0.05) is 23.6 Å². The lowest BCUT2D eigenvalue weighted by Gasteiger charge is -2.19. The van der Waals surface area contributed by atoms with Crippen LogP contribution in [-0.4, -0.2) is 28.7 Å². The number of carbonyl (C=O) groups is 3. The van der Waals surface area contributed by atoms with Gasteiger partial charge in [0.25, 0.3) is 0 Å². The van der Waals surface area contributed by atoms with Gasteiger partial charge in [-0.2, -0.15) is 0 Å². The van der Waals surface area contributed by atoms with Crippen LogP contribution in [0.5, 0.6) is 0 Å². The highest BCUT2D eigenvalue weighted by molar-refractivity contribution is 6.24. The summed E-state index contributed by atoms with van der Waals surface area (Å²) >= 11 is 0. The lowest BCUT2D eigenvalue weighted by molar-refractivity contribution is -0.139. The molecule has 0 heterocycles. The summed E-state index contributed by atoms with van der Waals surface area (Å²) in [6, 6.07) is 5.41. The molecule has 1 aliphatic carbocycles. The van der Waals surface area contributed by atoms with Crippen LogP contribution in [0.1, 0.15) is 34.1 Å². The second-order valence-corrected chi connectivity index (χ2v) is 4.46. The van der Waals surface area contributed by atoms with Crippen molar-refractivity contribution in [2.75, 3.05) is 0 Å². The van der Waals surface area contributed by atoms with Crippen molar-refractivity contribution in [2.45, 2.75) is 19.4 Å². The molecule has 1 aromatic carbocycles. The third kappa shape index (κ3) is 3.00. The summed E-state index contributed by atoms with van der Waals surface area (Å²) < 4.78 is 0. The summed E-state index contributed by atoms with van der Waals surface area (Å²) in [5.41, 5.74) is 0.593. The number of benzene rings is 1. The predicted octanol–water partition coefficient (Wildman–Crippen LogP) is 1.41. The highest BCUT2D eigenvalue weighted by atomic mass is 16.4. The molecular formula is C16H13NO4. The van der Waals surface area contributed by atoms with E-state index in [1.807, 2.05) is 0 Å². The summed E-state index contributed by atoms with van der Waals surface area (Å²) in [6.07, 6.45) is 1.19. The molecule has 2 N–H and O–H groups in total. The molecule has 0 aromatic heterocycles. The number of hydrogen-bond donors (Lipinski definition) is 2. The third-order valence-electron chi connectivity index (χ3n) is 3.07. The fraction of sp³-hybridized carbons (Fsp3) is 0.188. The van der Waals surface area contributed by atoms with Crippen molar-refractivity contribution < 1.29 is 19.5 Å². The first-order valence-corrected chi connectivity index (χ1v) is 6.33. The molecule has 0 saturated carbocycles. The normalized spacial score (nSPS) is 14.4. The number of Topliss-reactive ketones (excluding diaryl/α,β-unsaturated/α-hetero) is 1. The average molecular weight is 283 g/mol. The second-order valence-electron chi connectivity index (χ2n) is 4.46. The molecule has 2 rings (SSSR count). The van der Waals surface area contributed by atoms with E-state index in [2.05, 4.69) is 17.2 Å². The van der Waals surface area contributed by atoms with Crippen molar-refractivity contribution in [1.29, 1.82) is 0 Å². The number of aliphatic carboxylic acids is 1. The van der Waals surface area contributed by atoms with Gasteiger partial charge in [0.1, 0.15) is 6.04 Å². The van der Waals surface area contributed by atoms with E-state index in [4.69, 9.17) is 5.11 Å². The molecule has 0 radical (unpaired) electrons. The van der Waals surface area contributed by atoms with Crippen LogP contribution in [0.4, 0.5) is 0 Å². The van der Waals surface area contributed by atoms with Crippen molar-refractivity contribution in [3.05, 3.63) is 47.2 Å². The smallest absolute Gasteiger partial charge is 0.327 e. The van der Waals surface area contributed by atoms with E-state index in [1.165, 1.54) is 0 Å². The molecule has 5 heteroatoms. The molecule has 0 aliphatic heterocycles. The first-order chi connectivity index (χ1) is 10.0. The van der Waals surface area contributed by atoms with E-state index in [9.17, 15) is 14.4 Å². The highest BCUT2D eigenvalue weighted by Gasteiger charge is 2.28. The van der Waals surface area contributed by atoms with Gasteiger partial charge in [-0.15, -0.1) is 11.8 Å². The molecule has 106 valence electrons. The summed E-state index contributed by atoms with van der Waals surface area (Å²) in [7, 11) is 0.